The van der Waals surface area contributed by atoms with Gasteiger partial charge in [0.2, 0.25) is 5.91 Å². The van der Waals surface area contributed by atoms with Crippen LogP contribution in [0.2, 0.25) is 0 Å². The van der Waals surface area contributed by atoms with Crippen LogP contribution in [0.1, 0.15) is 23.9 Å². The number of nitrogens with zero attached hydrogens (tertiary/aromatic N) is 4. The van der Waals surface area contributed by atoms with Gasteiger partial charge in [-0.25, -0.2) is 0 Å². The van der Waals surface area contributed by atoms with Crippen LogP contribution in [0.25, 0.3) is 21.7 Å². The van der Waals surface area contributed by atoms with E-state index >= 15 is 0 Å². The summed E-state index contributed by atoms with van der Waals surface area (Å²) in [6.07, 6.45) is 1.06. The van der Waals surface area contributed by atoms with Gasteiger partial charge in [-0.1, -0.05) is 28.5 Å². The van der Waals surface area contributed by atoms with Gasteiger partial charge < -0.3 is 13.9 Å². The average molecular weight is 380 g/mol. The molecule has 7 nitrogen and oxygen atoms in total. The molecule has 1 aromatic carbocycles. The van der Waals surface area contributed by atoms with E-state index in [9.17, 15) is 4.79 Å². The third kappa shape index (κ3) is 3.02. The predicted molar refractivity (Wildman–Crippen MR) is 99.3 cm³/mol. The minimum absolute atomic E-state index is 0.0403. The van der Waals surface area contributed by atoms with Crippen LogP contribution in [0, 0.1) is 0 Å². The molecule has 4 heterocycles. The topological polar surface area (TPSA) is 85.3 Å². The van der Waals surface area contributed by atoms with E-state index in [1.54, 1.807) is 11.3 Å². The smallest absolute Gasteiger partial charge is 0.267 e. The van der Waals surface area contributed by atoms with Gasteiger partial charge in [0, 0.05) is 24.4 Å². The van der Waals surface area contributed by atoms with Crippen LogP contribution in [-0.4, -0.2) is 39.2 Å². The van der Waals surface area contributed by atoms with Gasteiger partial charge in [0.05, 0.1) is 11.3 Å². The number of amides is 1. The van der Waals surface area contributed by atoms with E-state index < -0.39 is 0 Å². The normalized spacial score (nSPS) is 17.0. The fourth-order valence-electron chi connectivity index (χ4n) is 3.42. The molecule has 0 bridgehead atoms. The molecule has 0 saturated carbocycles. The molecule has 1 amide bonds. The second-order valence-electron chi connectivity index (χ2n) is 6.56. The zero-order chi connectivity index (χ0) is 18.2. The highest BCUT2D eigenvalue weighted by atomic mass is 32.1. The van der Waals surface area contributed by atoms with E-state index in [1.165, 1.54) is 0 Å². The van der Waals surface area contributed by atoms with Gasteiger partial charge in [-0.2, -0.15) is 4.98 Å². The number of carbonyl (C=O) groups excluding carboxylic acids is 1. The number of carbonyl (C=O) groups is 1. The molecule has 1 aliphatic rings. The number of likely N-dealkylation sites (tertiary alicyclic amines) is 1. The van der Waals surface area contributed by atoms with E-state index in [2.05, 4.69) is 15.3 Å². The van der Waals surface area contributed by atoms with Crippen LogP contribution < -0.4 is 0 Å². The van der Waals surface area contributed by atoms with Gasteiger partial charge >= 0.3 is 0 Å². The van der Waals surface area contributed by atoms with Crippen molar-refractivity contribution >= 4 is 28.2 Å². The molecule has 0 unspecified atom stereocenters. The fraction of sp³-hybridized carbons (Fsp3) is 0.263. The first-order chi connectivity index (χ1) is 13.3. The summed E-state index contributed by atoms with van der Waals surface area (Å²) in [5.41, 5.74) is 1.38. The Kier molecular flexibility index (Phi) is 3.97. The van der Waals surface area contributed by atoms with Crippen LogP contribution >= 0.6 is 11.3 Å². The Hall–Kier alpha value is -3.00. The highest BCUT2D eigenvalue weighted by Gasteiger charge is 2.31. The summed E-state index contributed by atoms with van der Waals surface area (Å²) in [5.74, 6) is 1.35. The molecule has 0 aliphatic carbocycles. The molecule has 4 aromatic rings. The maximum atomic E-state index is 12.7. The van der Waals surface area contributed by atoms with Crippen molar-refractivity contribution in [3.8, 4) is 10.8 Å². The molecule has 0 radical (unpaired) electrons. The molecule has 1 saturated heterocycles. The van der Waals surface area contributed by atoms with Crippen molar-refractivity contribution in [2.45, 2.75) is 18.8 Å². The first kappa shape index (κ1) is 16.2. The number of hydrogen-bond acceptors (Lipinski definition) is 7. The van der Waals surface area contributed by atoms with Crippen LogP contribution in [0.3, 0.4) is 0 Å². The number of para-hydroxylation sites is 1. The SMILES string of the molecule is O=C(Cc1noc2ccccc12)N1CC[C@@H](c2noc(-c3cccs3)n2)C1. The van der Waals surface area contributed by atoms with Crippen LogP contribution in [0.5, 0.6) is 0 Å². The summed E-state index contributed by atoms with van der Waals surface area (Å²) in [5, 5.41) is 11.0. The Labute approximate surface area is 158 Å². The Morgan fingerprint density at radius 2 is 2.11 bits per heavy atom. The van der Waals surface area contributed by atoms with Gasteiger partial charge in [-0.15, -0.1) is 11.3 Å². The number of fused-ring (bicyclic) bond motifs is 1. The van der Waals surface area contributed by atoms with Gasteiger partial charge in [-0.05, 0) is 30.0 Å². The average Bonchev–Trinajstić information content (AvgIpc) is 3.47. The third-order valence-corrected chi connectivity index (χ3v) is 5.71. The van der Waals surface area contributed by atoms with E-state index in [4.69, 9.17) is 9.05 Å². The molecule has 3 aromatic heterocycles. The van der Waals surface area contributed by atoms with Gasteiger partial charge in [0.15, 0.2) is 11.4 Å². The van der Waals surface area contributed by atoms with E-state index in [1.807, 2.05) is 46.7 Å². The Balaban J connectivity index is 1.27. The van der Waals surface area contributed by atoms with Crippen molar-refractivity contribution in [1.29, 1.82) is 0 Å². The maximum absolute atomic E-state index is 12.7. The predicted octanol–water partition coefficient (Wildman–Crippen LogP) is 3.50. The van der Waals surface area contributed by atoms with Crippen LogP contribution in [0.15, 0.2) is 50.8 Å². The van der Waals surface area contributed by atoms with Gasteiger partial charge in [0.1, 0.15) is 5.69 Å². The minimum atomic E-state index is 0.0403. The number of thiophene rings is 1. The Morgan fingerprint density at radius 3 is 3.00 bits per heavy atom. The lowest BCUT2D eigenvalue weighted by atomic mass is 10.1. The summed E-state index contributed by atoms with van der Waals surface area (Å²) in [7, 11) is 0. The summed E-state index contributed by atoms with van der Waals surface area (Å²) >= 11 is 1.56. The van der Waals surface area contributed by atoms with Crippen molar-refractivity contribution in [3.63, 3.8) is 0 Å². The highest BCUT2D eigenvalue weighted by Crippen LogP contribution is 2.29. The molecule has 0 spiro atoms. The molecule has 1 aliphatic heterocycles. The molecule has 0 N–H and O–H groups in total. The van der Waals surface area contributed by atoms with Crippen molar-refractivity contribution in [2.75, 3.05) is 13.1 Å². The first-order valence-electron chi connectivity index (χ1n) is 8.76. The largest absolute Gasteiger partial charge is 0.356 e. The molecule has 27 heavy (non-hydrogen) atoms. The van der Waals surface area contributed by atoms with Crippen molar-refractivity contribution in [3.05, 3.63) is 53.3 Å². The number of hydrogen-bond donors (Lipinski definition) is 0. The molecule has 8 heteroatoms. The zero-order valence-electron chi connectivity index (χ0n) is 14.4. The van der Waals surface area contributed by atoms with E-state index in [0.29, 0.717) is 36.1 Å². The number of aromatic nitrogens is 3. The Morgan fingerprint density at radius 1 is 1.19 bits per heavy atom. The van der Waals surface area contributed by atoms with E-state index in [0.717, 1.165) is 16.7 Å². The third-order valence-electron chi connectivity index (χ3n) is 4.85. The number of rotatable bonds is 4. The molecule has 5 rings (SSSR count). The summed E-state index contributed by atoms with van der Waals surface area (Å²) in [6, 6.07) is 11.5. The molecule has 136 valence electrons. The zero-order valence-corrected chi connectivity index (χ0v) is 15.2. The molecule has 1 atom stereocenters. The minimum Gasteiger partial charge on any atom is -0.356 e. The summed E-state index contributed by atoms with van der Waals surface area (Å²) < 4.78 is 10.7. The lowest BCUT2D eigenvalue weighted by molar-refractivity contribution is -0.129. The van der Waals surface area contributed by atoms with Crippen molar-refractivity contribution < 1.29 is 13.8 Å². The van der Waals surface area contributed by atoms with Gasteiger partial charge in [0.25, 0.3) is 5.89 Å². The Bertz CT molecular complexity index is 1090. The van der Waals surface area contributed by atoms with E-state index in [-0.39, 0.29) is 18.2 Å². The fourth-order valence-corrected chi connectivity index (χ4v) is 4.06. The molecule has 1 fully saturated rings. The molecular weight excluding hydrogens is 364 g/mol. The van der Waals surface area contributed by atoms with Crippen LogP contribution in [0.4, 0.5) is 0 Å². The van der Waals surface area contributed by atoms with Crippen molar-refractivity contribution in [2.24, 2.45) is 0 Å². The lowest BCUT2D eigenvalue weighted by Gasteiger charge is -2.15. The first-order valence-corrected chi connectivity index (χ1v) is 9.64. The lowest BCUT2D eigenvalue weighted by Crippen LogP contribution is -2.30. The second kappa shape index (κ2) is 6.62. The maximum Gasteiger partial charge on any atom is 0.267 e. The quantitative estimate of drug-likeness (QED) is 0.539. The van der Waals surface area contributed by atoms with Crippen molar-refractivity contribution in [1.82, 2.24) is 20.2 Å². The highest BCUT2D eigenvalue weighted by molar-refractivity contribution is 7.13. The summed E-state index contributed by atoms with van der Waals surface area (Å²) in [6.45, 7) is 1.28. The standard InChI is InChI=1S/C19H16N4O3S/c24-17(10-14-13-4-1-2-5-15(13)25-21-14)23-8-7-12(11-23)18-20-19(26-22-18)16-6-3-9-27-16/h1-6,9,12H,7-8,10-11H2/t12-/m1/s1. The van der Waals surface area contributed by atoms with Crippen LogP contribution in [-0.2, 0) is 11.2 Å². The monoisotopic (exact) mass is 380 g/mol. The van der Waals surface area contributed by atoms with Gasteiger partial charge in [-0.3, -0.25) is 4.79 Å². The molecular formula is C19H16N4O3S. The summed E-state index contributed by atoms with van der Waals surface area (Å²) in [4.78, 5) is 20.0. The number of benzene rings is 1. The second-order valence-corrected chi connectivity index (χ2v) is 7.51.